The number of hydrogen-bond donors (Lipinski definition) is 1. The van der Waals surface area contributed by atoms with Gasteiger partial charge in [-0.25, -0.2) is 0 Å². The lowest BCUT2D eigenvalue weighted by atomic mass is 9.79. The van der Waals surface area contributed by atoms with Crippen LogP contribution in [0.3, 0.4) is 0 Å². The monoisotopic (exact) mass is 366 g/mol. The number of ether oxygens (including phenoxy) is 1. The minimum Gasteiger partial charge on any atom is -0.481 e. The zero-order valence-corrected chi connectivity index (χ0v) is 14.9. The zero-order valence-electron chi connectivity index (χ0n) is 14.9. The number of ketones is 1. The average molecular weight is 366 g/mol. The average Bonchev–Trinajstić information content (AvgIpc) is 2.67. The summed E-state index contributed by atoms with van der Waals surface area (Å²) in [7, 11) is 0. The van der Waals surface area contributed by atoms with Crippen LogP contribution in [0.5, 0.6) is 0 Å². The van der Waals surface area contributed by atoms with E-state index in [1.807, 2.05) is 60.7 Å². The standard InChI is InChI=1S/C22H22O5/c23-18-13-7-12-17(14-18)19(21(24)25)22(26)27-20(15-8-3-1-4-9-15)16-10-5-2-6-11-16/h1-6,8-11,17,19-20H,7,12-14H2,(H,24,25)/t17-,19?/m1/s1. The summed E-state index contributed by atoms with van der Waals surface area (Å²) >= 11 is 0. The molecule has 1 aliphatic carbocycles. The molecule has 0 heterocycles. The van der Waals surface area contributed by atoms with E-state index in [1.165, 1.54) is 0 Å². The van der Waals surface area contributed by atoms with Gasteiger partial charge in [0, 0.05) is 12.8 Å². The minimum atomic E-state index is -1.33. The van der Waals surface area contributed by atoms with Crippen LogP contribution in [0.4, 0.5) is 0 Å². The molecular formula is C22H22O5. The van der Waals surface area contributed by atoms with Crippen molar-refractivity contribution in [2.45, 2.75) is 31.8 Å². The number of carbonyl (C=O) groups is 3. The molecule has 0 bridgehead atoms. The van der Waals surface area contributed by atoms with Gasteiger partial charge in [-0.05, 0) is 29.9 Å². The van der Waals surface area contributed by atoms with Crippen molar-refractivity contribution in [3.05, 3.63) is 71.8 Å². The van der Waals surface area contributed by atoms with Gasteiger partial charge in [0.15, 0.2) is 12.0 Å². The molecular weight excluding hydrogens is 344 g/mol. The largest absolute Gasteiger partial charge is 0.481 e. The Morgan fingerprint density at radius 2 is 1.52 bits per heavy atom. The molecule has 0 spiro atoms. The fraction of sp³-hybridized carbons (Fsp3) is 0.318. The highest BCUT2D eigenvalue weighted by molar-refractivity contribution is 5.95. The Labute approximate surface area is 158 Å². The van der Waals surface area contributed by atoms with E-state index in [-0.39, 0.29) is 12.2 Å². The lowest BCUT2D eigenvalue weighted by Crippen LogP contribution is -2.36. The Morgan fingerprint density at radius 3 is 2.00 bits per heavy atom. The number of hydrogen-bond acceptors (Lipinski definition) is 4. The number of esters is 1. The van der Waals surface area contributed by atoms with Crippen LogP contribution in [-0.2, 0) is 19.1 Å². The van der Waals surface area contributed by atoms with Crippen LogP contribution in [0.1, 0.15) is 42.9 Å². The Bertz CT molecular complexity index is 760. The number of benzene rings is 2. The summed E-state index contributed by atoms with van der Waals surface area (Å²) in [5.74, 6) is -3.86. The first-order valence-corrected chi connectivity index (χ1v) is 9.11. The molecule has 0 aromatic heterocycles. The highest BCUT2D eigenvalue weighted by Crippen LogP contribution is 2.32. The van der Waals surface area contributed by atoms with Gasteiger partial charge in [-0.1, -0.05) is 60.7 Å². The molecule has 0 saturated heterocycles. The van der Waals surface area contributed by atoms with Crippen LogP contribution in [0.2, 0.25) is 0 Å². The smallest absolute Gasteiger partial charge is 0.321 e. The molecule has 5 nitrogen and oxygen atoms in total. The highest BCUT2D eigenvalue weighted by atomic mass is 16.5. The second kappa shape index (κ2) is 8.62. The molecule has 1 saturated carbocycles. The van der Waals surface area contributed by atoms with E-state index in [4.69, 9.17) is 4.74 Å². The molecule has 3 rings (SSSR count). The first-order valence-electron chi connectivity index (χ1n) is 9.11. The van der Waals surface area contributed by atoms with E-state index in [1.54, 1.807) is 0 Å². The molecule has 2 atom stereocenters. The Morgan fingerprint density at radius 1 is 0.963 bits per heavy atom. The third-order valence-electron chi connectivity index (χ3n) is 4.95. The third-order valence-corrected chi connectivity index (χ3v) is 4.95. The number of carboxylic acids is 1. The SMILES string of the molecule is O=C1CCC[C@@H](C(C(=O)O)C(=O)OC(c2ccccc2)c2ccccc2)C1. The molecule has 1 N–H and O–H groups in total. The van der Waals surface area contributed by atoms with Gasteiger partial charge in [0.05, 0.1) is 0 Å². The molecule has 140 valence electrons. The summed E-state index contributed by atoms with van der Waals surface area (Å²) < 4.78 is 5.70. The lowest BCUT2D eigenvalue weighted by molar-refractivity contribution is -0.164. The van der Waals surface area contributed by atoms with Crippen LogP contribution >= 0.6 is 0 Å². The molecule has 1 unspecified atom stereocenters. The molecule has 1 aliphatic rings. The molecule has 2 aromatic rings. The molecule has 0 aliphatic heterocycles. The van der Waals surface area contributed by atoms with Crippen LogP contribution in [-0.4, -0.2) is 22.8 Å². The number of carboxylic acid groups (broad SMARTS) is 1. The molecule has 2 aromatic carbocycles. The molecule has 5 heteroatoms. The van der Waals surface area contributed by atoms with Crippen molar-refractivity contribution in [3.8, 4) is 0 Å². The minimum absolute atomic E-state index is 0.00738. The summed E-state index contributed by atoms with van der Waals surface area (Å²) in [4.78, 5) is 36.4. The maximum Gasteiger partial charge on any atom is 0.321 e. The van der Waals surface area contributed by atoms with Gasteiger partial charge in [0.25, 0.3) is 0 Å². The fourth-order valence-corrected chi connectivity index (χ4v) is 3.61. The van der Waals surface area contributed by atoms with Crippen LogP contribution in [0.25, 0.3) is 0 Å². The zero-order chi connectivity index (χ0) is 19.2. The lowest BCUT2D eigenvalue weighted by Gasteiger charge is -2.27. The normalized spacial score (nSPS) is 18.1. The van der Waals surface area contributed by atoms with Gasteiger partial charge < -0.3 is 9.84 Å². The molecule has 1 fully saturated rings. The Kier molecular flexibility index (Phi) is 6.01. The molecule has 0 amide bonds. The van der Waals surface area contributed by atoms with Crippen molar-refractivity contribution in [2.24, 2.45) is 11.8 Å². The van der Waals surface area contributed by atoms with Gasteiger partial charge >= 0.3 is 11.9 Å². The first-order chi connectivity index (χ1) is 13.1. The fourth-order valence-electron chi connectivity index (χ4n) is 3.61. The summed E-state index contributed by atoms with van der Waals surface area (Å²) in [5.41, 5.74) is 1.53. The van der Waals surface area contributed by atoms with Crippen molar-refractivity contribution in [1.82, 2.24) is 0 Å². The van der Waals surface area contributed by atoms with E-state index >= 15 is 0 Å². The summed E-state index contributed by atoms with van der Waals surface area (Å²) in [6, 6.07) is 18.4. The van der Waals surface area contributed by atoms with Crippen molar-refractivity contribution in [1.29, 1.82) is 0 Å². The number of Topliss-reactive ketones (excluding diaryl/α,β-unsaturated/α-hetero) is 1. The maximum atomic E-state index is 12.8. The first kappa shape index (κ1) is 18.8. The second-order valence-electron chi connectivity index (χ2n) is 6.85. The molecule has 27 heavy (non-hydrogen) atoms. The predicted octanol–water partition coefficient (Wildman–Crippen LogP) is 3.78. The Balaban J connectivity index is 1.86. The number of carbonyl (C=O) groups excluding carboxylic acids is 2. The number of rotatable bonds is 6. The maximum absolute atomic E-state index is 12.8. The van der Waals surface area contributed by atoms with Crippen LogP contribution in [0.15, 0.2) is 60.7 Å². The van der Waals surface area contributed by atoms with E-state index in [2.05, 4.69) is 0 Å². The van der Waals surface area contributed by atoms with Crippen molar-refractivity contribution in [2.75, 3.05) is 0 Å². The molecule has 0 radical (unpaired) electrons. The highest BCUT2D eigenvalue weighted by Gasteiger charge is 2.39. The topological polar surface area (TPSA) is 80.7 Å². The van der Waals surface area contributed by atoms with E-state index in [0.29, 0.717) is 19.3 Å². The summed E-state index contributed by atoms with van der Waals surface area (Å²) in [6.07, 6.45) is 1.03. The summed E-state index contributed by atoms with van der Waals surface area (Å²) in [6.45, 7) is 0. The van der Waals surface area contributed by atoms with E-state index < -0.39 is 29.9 Å². The quantitative estimate of drug-likeness (QED) is 0.622. The van der Waals surface area contributed by atoms with Gasteiger partial charge in [0.2, 0.25) is 0 Å². The second-order valence-corrected chi connectivity index (χ2v) is 6.85. The van der Waals surface area contributed by atoms with Crippen LogP contribution < -0.4 is 0 Å². The van der Waals surface area contributed by atoms with Gasteiger partial charge in [-0.3, -0.25) is 14.4 Å². The third kappa shape index (κ3) is 4.61. The number of aliphatic carboxylic acids is 1. The summed E-state index contributed by atoms with van der Waals surface area (Å²) in [5, 5.41) is 9.62. The van der Waals surface area contributed by atoms with Crippen molar-refractivity contribution in [3.63, 3.8) is 0 Å². The van der Waals surface area contributed by atoms with E-state index in [0.717, 1.165) is 11.1 Å². The Hall–Kier alpha value is -2.95. The van der Waals surface area contributed by atoms with Crippen molar-refractivity contribution < 1.29 is 24.2 Å². The van der Waals surface area contributed by atoms with E-state index in [9.17, 15) is 19.5 Å². The van der Waals surface area contributed by atoms with Gasteiger partial charge in [0.1, 0.15) is 5.78 Å². The van der Waals surface area contributed by atoms with Gasteiger partial charge in [-0.15, -0.1) is 0 Å². The van der Waals surface area contributed by atoms with Crippen LogP contribution in [0, 0.1) is 11.8 Å². The van der Waals surface area contributed by atoms with Gasteiger partial charge in [-0.2, -0.15) is 0 Å². The predicted molar refractivity (Wildman–Crippen MR) is 98.9 cm³/mol. The van der Waals surface area contributed by atoms with Crippen molar-refractivity contribution >= 4 is 17.7 Å².